The molecule has 27 heavy (non-hydrogen) atoms. The number of hydrogen-bond donors (Lipinski definition) is 1. The summed E-state index contributed by atoms with van der Waals surface area (Å²) >= 11 is 17.9. The molecule has 0 saturated carbocycles. The lowest BCUT2D eigenvalue weighted by atomic mass is 10.2. The zero-order valence-electron chi connectivity index (χ0n) is 14.1. The Balaban J connectivity index is 1.59. The number of anilines is 1. The van der Waals surface area contributed by atoms with Crippen LogP contribution in [-0.2, 0) is 11.2 Å². The number of carbonyl (C=O) groups is 1. The first-order valence-corrected chi connectivity index (χ1v) is 9.01. The Morgan fingerprint density at radius 1 is 1.11 bits per heavy atom. The molecule has 0 aliphatic heterocycles. The van der Waals surface area contributed by atoms with Gasteiger partial charge >= 0.3 is 0 Å². The van der Waals surface area contributed by atoms with Crippen LogP contribution in [-0.4, -0.2) is 23.2 Å². The van der Waals surface area contributed by atoms with Gasteiger partial charge in [-0.25, -0.2) is 0 Å². The van der Waals surface area contributed by atoms with Gasteiger partial charge in [-0.05, 0) is 36.4 Å². The van der Waals surface area contributed by atoms with Gasteiger partial charge in [0.1, 0.15) is 5.75 Å². The summed E-state index contributed by atoms with van der Waals surface area (Å²) in [5.74, 6) is 1.27. The van der Waals surface area contributed by atoms with E-state index in [1.54, 1.807) is 19.2 Å². The van der Waals surface area contributed by atoms with Crippen molar-refractivity contribution in [1.29, 1.82) is 0 Å². The fourth-order valence-corrected chi connectivity index (χ4v) is 2.86. The molecule has 1 aromatic heterocycles. The largest absolute Gasteiger partial charge is 0.497 e. The monoisotopic (exact) mass is 425 g/mol. The van der Waals surface area contributed by atoms with Crippen LogP contribution >= 0.6 is 34.8 Å². The van der Waals surface area contributed by atoms with Crippen molar-refractivity contribution in [3.8, 4) is 17.1 Å². The van der Waals surface area contributed by atoms with E-state index in [0.29, 0.717) is 32.5 Å². The van der Waals surface area contributed by atoms with Crippen LogP contribution in [0.5, 0.6) is 5.75 Å². The number of nitrogens with one attached hydrogen (secondary N) is 1. The molecule has 0 spiro atoms. The minimum Gasteiger partial charge on any atom is -0.497 e. The van der Waals surface area contributed by atoms with E-state index in [9.17, 15) is 4.79 Å². The molecular weight excluding hydrogens is 413 g/mol. The van der Waals surface area contributed by atoms with E-state index < -0.39 is 0 Å². The predicted molar refractivity (Wildman–Crippen MR) is 105 cm³/mol. The van der Waals surface area contributed by atoms with Crippen LogP contribution in [0.3, 0.4) is 0 Å². The maximum absolute atomic E-state index is 12.1. The molecule has 9 heteroatoms. The zero-order valence-corrected chi connectivity index (χ0v) is 16.4. The summed E-state index contributed by atoms with van der Waals surface area (Å²) in [6.45, 7) is 0. The third-order valence-corrected chi connectivity index (χ3v) is 4.70. The second-order valence-electron chi connectivity index (χ2n) is 5.53. The SMILES string of the molecule is COc1ccc(-c2noc(CCC(=O)Nc3cc(Cl)c(Cl)cc3Cl)n2)cc1. The molecule has 3 rings (SSSR count). The maximum atomic E-state index is 12.1. The first-order valence-electron chi connectivity index (χ1n) is 7.87. The van der Waals surface area contributed by atoms with Crippen molar-refractivity contribution in [2.75, 3.05) is 12.4 Å². The molecule has 6 nitrogen and oxygen atoms in total. The molecule has 0 unspecified atom stereocenters. The summed E-state index contributed by atoms with van der Waals surface area (Å²) in [4.78, 5) is 16.4. The van der Waals surface area contributed by atoms with Crippen LogP contribution in [0.15, 0.2) is 40.9 Å². The van der Waals surface area contributed by atoms with Gasteiger partial charge < -0.3 is 14.6 Å². The van der Waals surface area contributed by atoms with Gasteiger partial charge in [0.2, 0.25) is 17.6 Å². The number of halogens is 3. The van der Waals surface area contributed by atoms with Gasteiger partial charge in [0.05, 0.1) is 27.9 Å². The zero-order chi connectivity index (χ0) is 19.4. The summed E-state index contributed by atoms with van der Waals surface area (Å²) < 4.78 is 10.3. The van der Waals surface area contributed by atoms with Gasteiger partial charge in [0, 0.05) is 18.4 Å². The van der Waals surface area contributed by atoms with Crippen molar-refractivity contribution in [3.63, 3.8) is 0 Å². The average molecular weight is 427 g/mol. The minimum absolute atomic E-state index is 0.140. The highest BCUT2D eigenvalue weighted by Crippen LogP contribution is 2.32. The van der Waals surface area contributed by atoms with Gasteiger partial charge in [-0.2, -0.15) is 4.98 Å². The highest BCUT2D eigenvalue weighted by molar-refractivity contribution is 6.44. The van der Waals surface area contributed by atoms with Crippen LogP contribution in [0.4, 0.5) is 5.69 Å². The van der Waals surface area contributed by atoms with Crippen LogP contribution in [0, 0.1) is 0 Å². The maximum Gasteiger partial charge on any atom is 0.227 e. The Hall–Kier alpha value is -2.28. The van der Waals surface area contributed by atoms with E-state index in [1.807, 2.05) is 12.1 Å². The lowest BCUT2D eigenvalue weighted by molar-refractivity contribution is -0.116. The lowest BCUT2D eigenvalue weighted by Gasteiger charge is -2.08. The third kappa shape index (κ3) is 4.91. The van der Waals surface area contributed by atoms with Crippen molar-refractivity contribution in [2.45, 2.75) is 12.8 Å². The van der Waals surface area contributed by atoms with Crippen molar-refractivity contribution in [3.05, 3.63) is 57.4 Å². The number of rotatable bonds is 6. The van der Waals surface area contributed by atoms with Crippen LogP contribution in [0.1, 0.15) is 12.3 Å². The van der Waals surface area contributed by atoms with E-state index in [4.69, 9.17) is 44.1 Å². The second kappa shape index (κ2) is 8.61. The minimum atomic E-state index is -0.264. The highest BCUT2D eigenvalue weighted by Gasteiger charge is 2.13. The molecular formula is C18H14Cl3N3O3. The number of methoxy groups -OCH3 is 1. The van der Waals surface area contributed by atoms with E-state index in [1.165, 1.54) is 12.1 Å². The number of carbonyl (C=O) groups excluding carboxylic acids is 1. The summed E-state index contributed by atoms with van der Waals surface area (Å²) in [6.07, 6.45) is 0.425. The second-order valence-corrected chi connectivity index (χ2v) is 6.76. The highest BCUT2D eigenvalue weighted by atomic mass is 35.5. The van der Waals surface area contributed by atoms with E-state index in [0.717, 1.165) is 11.3 Å². The van der Waals surface area contributed by atoms with Crippen molar-refractivity contribution < 1.29 is 14.1 Å². The van der Waals surface area contributed by atoms with Crippen LogP contribution in [0.2, 0.25) is 15.1 Å². The number of benzene rings is 2. The van der Waals surface area contributed by atoms with Gasteiger partial charge in [0.25, 0.3) is 0 Å². The molecule has 1 amide bonds. The number of hydrogen-bond acceptors (Lipinski definition) is 5. The molecule has 0 aliphatic carbocycles. The predicted octanol–water partition coefficient (Wildman–Crippen LogP) is 5.28. The molecule has 0 saturated heterocycles. The Morgan fingerprint density at radius 3 is 2.52 bits per heavy atom. The number of ether oxygens (including phenoxy) is 1. The number of amides is 1. The van der Waals surface area contributed by atoms with Gasteiger partial charge in [-0.3, -0.25) is 4.79 Å². The summed E-state index contributed by atoms with van der Waals surface area (Å²) in [6, 6.07) is 10.2. The third-order valence-electron chi connectivity index (χ3n) is 3.67. The summed E-state index contributed by atoms with van der Waals surface area (Å²) in [5.41, 5.74) is 1.18. The molecule has 1 N–H and O–H groups in total. The molecule has 0 atom stereocenters. The summed E-state index contributed by atoms with van der Waals surface area (Å²) in [5, 5.41) is 7.53. The first kappa shape index (κ1) is 19.5. The molecule has 3 aromatic rings. The topological polar surface area (TPSA) is 77.2 Å². The molecule has 0 aliphatic rings. The quantitative estimate of drug-likeness (QED) is 0.543. The molecule has 0 fully saturated rings. The van der Waals surface area contributed by atoms with Crippen LogP contribution < -0.4 is 10.1 Å². The van der Waals surface area contributed by atoms with E-state index in [2.05, 4.69) is 15.5 Å². The normalized spacial score (nSPS) is 10.7. The smallest absolute Gasteiger partial charge is 0.227 e. The number of aryl methyl sites for hydroxylation is 1. The Kier molecular flexibility index (Phi) is 6.21. The molecule has 2 aromatic carbocycles. The Morgan fingerprint density at radius 2 is 1.81 bits per heavy atom. The molecule has 0 radical (unpaired) electrons. The molecule has 1 heterocycles. The lowest BCUT2D eigenvalue weighted by Crippen LogP contribution is -2.12. The van der Waals surface area contributed by atoms with Gasteiger partial charge in [-0.1, -0.05) is 40.0 Å². The van der Waals surface area contributed by atoms with Crippen molar-refractivity contribution in [2.24, 2.45) is 0 Å². The standard InChI is InChI=1S/C18H14Cl3N3O3/c1-26-11-4-2-10(3-5-11)18-23-17(27-24-18)7-6-16(25)22-15-9-13(20)12(19)8-14(15)21/h2-5,8-9H,6-7H2,1H3,(H,22,25). The average Bonchev–Trinajstić information content (AvgIpc) is 3.13. The summed E-state index contributed by atoms with van der Waals surface area (Å²) in [7, 11) is 1.59. The number of aromatic nitrogens is 2. The Bertz CT molecular complexity index is 958. The fourth-order valence-electron chi connectivity index (χ4n) is 2.27. The van der Waals surface area contributed by atoms with E-state index >= 15 is 0 Å². The van der Waals surface area contributed by atoms with Crippen molar-refractivity contribution >= 4 is 46.4 Å². The fraction of sp³-hybridized carbons (Fsp3) is 0.167. The van der Waals surface area contributed by atoms with Crippen LogP contribution in [0.25, 0.3) is 11.4 Å². The van der Waals surface area contributed by atoms with E-state index in [-0.39, 0.29) is 18.7 Å². The molecule has 0 bridgehead atoms. The first-order chi connectivity index (χ1) is 13.0. The molecule has 140 valence electrons. The van der Waals surface area contributed by atoms with Gasteiger partial charge in [-0.15, -0.1) is 0 Å². The van der Waals surface area contributed by atoms with Crippen molar-refractivity contribution in [1.82, 2.24) is 10.1 Å². The Labute approximate surface area is 170 Å². The number of nitrogens with zero attached hydrogens (tertiary/aromatic N) is 2. The van der Waals surface area contributed by atoms with Gasteiger partial charge in [0.15, 0.2) is 0 Å².